The molecule has 0 unspecified atom stereocenters. The largest absolute Gasteiger partial charge is 0.508 e. The molecule has 0 atom stereocenters. The van der Waals surface area contributed by atoms with Crippen molar-refractivity contribution >= 4 is 5.78 Å². The maximum atomic E-state index is 12.2. The van der Waals surface area contributed by atoms with E-state index in [-0.39, 0.29) is 29.4 Å². The number of phenols is 2. The van der Waals surface area contributed by atoms with E-state index in [1.54, 1.807) is 0 Å². The average Bonchev–Trinajstić information content (AvgIpc) is 2.35. The molecular weight excluding hydrogens is 256 g/mol. The molecule has 5 heteroatoms. The zero-order valence-corrected chi connectivity index (χ0v) is 11.8. The number of nitrogens with zero attached hydrogens (tertiary/aromatic N) is 2. The molecule has 0 saturated heterocycles. The molecule has 0 amide bonds. The summed E-state index contributed by atoms with van der Waals surface area (Å²) in [6, 6.07) is 5.99. The lowest BCUT2D eigenvalue weighted by Crippen LogP contribution is -2.33. The Morgan fingerprint density at radius 1 is 1.40 bits per heavy atom. The highest BCUT2D eigenvalue weighted by Crippen LogP contribution is 2.23. The number of Topliss-reactive ketones (excluding diaryl/α,β-unsaturated/α-hetero) is 1. The fourth-order valence-corrected chi connectivity index (χ4v) is 2.00. The van der Waals surface area contributed by atoms with Crippen molar-refractivity contribution in [1.29, 1.82) is 5.26 Å². The predicted octanol–water partition coefficient (Wildman–Crippen LogP) is 2.15. The number of nitriles is 1. The van der Waals surface area contributed by atoms with Gasteiger partial charge in [-0.1, -0.05) is 13.8 Å². The molecule has 108 valence electrons. The molecule has 20 heavy (non-hydrogen) atoms. The summed E-state index contributed by atoms with van der Waals surface area (Å²) in [5.74, 6) is -0.140. The first-order chi connectivity index (χ1) is 9.43. The van der Waals surface area contributed by atoms with Crippen LogP contribution >= 0.6 is 0 Å². The third-order valence-corrected chi connectivity index (χ3v) is 2.81. The number of ketones is 1. The third kappa shape index (κ3) is 4.90. The van der Waals surface area contributed by atoms with E-state index in [4.69, 9.17) is 5.26 Å². The summed E-state index contributed by atoms with van der Waals surface area (Å²) >= 11 is 0. The molecule has 0 spiro atoms. The normalized spacial score (nSPS) is 10.8. The molecule has 5 nitrogen and oxygen atoms in total. The highest BCUT2D eigenvalue weighted by Gasteiger charge is 2.16. The van der Waals surface area contributed by atoms with Crippen LogP contribution in [0.25, 0.3) is 0 Å². The number of rotatable bonds is 7. The maximum absolute atomic E-state index is 12.2. The Kier molecular flexibility index (Phi) is 6.01. The van der Waals surface area contributed by atoms with Gasteiger partial charge in [-0.05, 0) is 18.1 Å². The Balaban J connectivity index is 2.76. The number of hydrogen-bond acceptors (Lipinski definition) is 5. The lowest BCUT2D eigenvalue weighted by molar-refractivity contribution is 0.0921. The molecule has 2 N–H and O–H groups in total. The van der Waals surface area contributed by atoms with Crippen molar-refractivity contribution in [3.8, 4) is 17.6 Å². The van der Waals surface area contributed by atoms with E-state index in [1.165, 1.54) is 12.1 Å². The first kappa shape index (κ1) is 16.0. The number of hydrogen-bond donors (Lipinski definition) is 2. The van der Waals surface area contributed by atoms with Crippen LogP contribution in [0.2, 0.25) is 0 Å². The van der Waals surface area contributed by atoms with Crippen LogP contribution in [0.1, 0.15) is 30.6 Å². The summed E-state index contributed by atoms with van der Waals surface area (Å²) in [7, 11) is 0. The van der Waals surface area contributed by atoms with Gasteiger partial charge in [0.2, 0.25) is 0 Å². The van der Waals surface area contributed by atoms with Crippen LogP contribution in [0.3, 0.4) is 0 Å². The highest BCUT2D eigenvalue weighted by molar-refractivity contribution is 6.00. The minimum Gasteiger partial charge on any atom is -0.508 e. The highest BCUT2D eigenvalue weighted by atomic mass is 16.3. The van der Waals surface area contributed by atoms with Gasteiger partial charge in [-0.2, -0.15) is 5.26 Å². The Morgan fingerprint density at radius 2 is 2.10 bits per heavy atom. The van der Waals surface area contributed by atoms with Gasteiger partial charge in [-0.3, -0.25) is 9.69 Å². The number of carbonyl (C=O) groups excluding carboxylic acids is 1. The second-order valence-corrected chi connectivity index (χ2v) is 5.16. The third-order valence-electron chi connectivity index (χ3n) is 2.81. The molecule has 0 aromatic heterocycles. The second-order valence-electron chi connectivity index (χ2n) is 5.16. The molecule has 1 rings (SSSR count). The van der Waals surface area contributed by atoms with Gasteiger partial charge >= 0.3 is 0 Å². The van der Waals surface area contributed by atoms with Crippen LogP contribution in [0.5, 0.6) is 11.5 Å². The number of benzene rings is 1. The fraction of sp³-hybridized carbons (Fsp3) is 0.467. The zero-order valence-electron chi connectivity index (χ0n) is 11.8. The summed E-state index contributed by atoms with van der Waals surface area (Å²) in [6.45, 7) is 5.48. The van der Waals surface area contributed by atoms with Gasteiger partial charge in [0, 0.05) is 25.6 Å². The topological polar surface area (TPSA) is 84.6 Å². The van der Waals surface area contributed by atoms with E-state index in [1.807, 2.05) is 18.7 Å². The zero-order chi connectivity index (χ0) is 15.1. The maximum Gasteiger partial charge on any atom is 0.180 e. The molecule has 0 radical (unpaired) electrons. The monoisotopic (exact) mass is 276 g/mol. The van der Waals surface area contributed by atoms with Crippen LogP contribution in [0, 0.1) is 17.2 Å². The van der Waals surface area contributed by atoms with Gasteiger partial charge in [-0.15, -0.1) is 0 Å². The smallest absolute Gasteiger partial charge is 0.180 e. The Morgan fingerprint density at radius 3 is 2.65 bits per heavy atom. The molecule has 0 aliphatic rings. The molecule has 0 heterocycles. The molecular formula is C15H20N2O3. The van der Waals surface area contributed by atoms with E-state index in [0.717, 1.165) is 6.07 Å². The van der Waals surface area contributed by atoms with Crippen molar-refractivity contribution in [2.75, 3.05) is 19.6 Å². The van der Waals surface area contributed by atoms with Crippen molar-refractivity contribution < 1.29 is 15.0 Å². The minimum atomic E-state index is -0.222. The summed E-state index contributed by atoms with van der Waals surface area (Å²) in [4.78, 5) is 14.1. The van der Waals surface area contributed by atoms with Crippen LogP contribution in [0.15, 0.2) is 18.2 Å². The van der Waals surface area contributed by atoms with Gasteiger partial charge in [0.1, 0.15) is 11.5 Å². The number of carbonyl (C=O) groups is 1. The molecule has 0 aliphatic carbocycles. The molecule has 1 aromatic carbocycles. The summed E-state index contributed by atoms with van der Waals surface area (Å²) < 4.78 is 0. The second kappa shape index (κ2) is 7.51. The molecule has 0 fully saturated rings. The Hall–Kier alpha value is -2.06. The number of phenolic OH excluding ortho intramolecular Hbond substituents is 2. The van der Waals surface area contributed by atoms with Gasteiger partial charge in [0.25, 0.3) is 0 Å². The summed E-state index contributed by atoms with van der Waals surface area (Å²) in [6.07, 6.45) is 0.363. The quantitative estimate of drug-likeness (QED) is 0.745. The van der Waals surface area contributed by atoms with Crippen LogP contribution in [-0.4, -0.2) is 40.5 Å². The molecule has 0 bridgehead atoms. The fourth-order valence-electron chi connectivity index (χ4n) is 2.00. The predicted molar refractivity (Wildman–Crippen MR) is 75.6 cm³/mol. The van der Waals surface area contributed by atoms with E-state index < -0.39 is 0 Å². The number of aromatic hydroxyl groups is 2. The Bertz CT molecular complexity index is 506. The van der Waals surface area contributed by atoms with Crippen molar-refractivity contribution in [1.82, 2.24) is 4.90 Å². The first-order valence-electron chi connectivity index (χ1n) is 6.58. The van der Waals surface area contributed by atoms with Crippen LogP contribution in [0.4, 0.5) is 0 Å². The molecule has 1 aromatic rings. The minimum absolute atomic E-state index is 0.0810. The standard InChI is InChI=1S/C15H20N2O3/c1-11(2)9-17(7-3-6-16)10-15(20)13-5-4-12(18)8-14(13)19/h4-5,8,11,18-19H,3,7,9-10H2,1-2H3. The van der Waals surface area contributed by atoms with Crippen molar-refractivity contribution in [2.45, 2.75) is 20.3 Å². The summed E-state index contributed by atoms with van der Waals surface area (Å²) in [5, 5.41) is 27.5. The Labute approximate surface area is 119 Å². The average molecular weight is 276 g/mol. The molecule has 0 aliphatic heterocycles. The van der Waals surface area contributed by atoms with Gasteiger partial charge in [-0.25, -0.2) is 0 Å². The van der Waals surface area contributed by atoms with Crippen LogP contribution < -0.4 is 0 Å². The summed E-state index contributed by atoms with van der Waals surface area (Å²) in [5.41, 5.74) is 0.188. The SMILES string of the molecule is CC(C)CN(CCC#N)CC(=O)c1ccc(O)cc1O. The van der Waals surface area contributed by atoms with Crippen molar-refractivity contribution in [3.63, 3.8) is 0 Å². The lowest BCUT2D eigenvalue weighted by Gasteiger charge is -2.22. The van der Waals surface area contributed by atoms with E-state index in [0.29, 0.717) is 25.4 Å². The first-order valence-corrected chi connectivity index (χ1v) is 6.58. The van der Waals surface area contributed by atoms with E-state index in [2.05, 4.69) is 6.07 Å². The van der Waals surface area contributed by atoms with Gasteiger partial charge < -0.3 is 10.2 Å². The van der Waals surface area contributed by atoms with E-state index >= 15 is 0 Å². The van der Waals surface area contributed by atoms with E-state index in [9.17, 15) is 15.0 Å². The van der Waals surface area contributed by atoms with Gasteiger partial charge in [0.15, 0.2) is 5.78 Å². The van der Waals surface area contributed by atoms with Crippen molar-refractivity contribution in [2.24, 2.45) is 5.92 Å². The van der Waals surface area contributed by atoms with Crippen LogP contribution in [-0.2, 0) is 0 Å². The van der Waals surface area contributed by atoms with Gasteiger partial charge in [0.05, 0.1) is 18.2 Å². The van der Waals surface area contributed by atoms with Crippen molar-refractivity contribution in [3.05, 3.63) is 23.8 Å². The lowest BCUT2D eigenvalue weighted by atomic mass is 10.1. The molecule has 0 saturated carbocycles.